The molecular weight excluding hydrogens is 503 g/mol. The monoisotopic (exact) mass is 524 g/mol. The van der Waals surface area contributed by atoms with Gasteiger partial charge in [0.1, 0.15) is 17.2 Å². The molecule has 2 aromatic rings. The van der Waals surface area contributed by atoms with E-state index >= 15 is 0 Å². The Morgan fingerprint density at radius 1 is 0.857 bits per heavy atom. The van der Waals surface area contributed by atoms with Gasteiger partial charge in [-0.15, -0.1) is 0 Å². The molecule has 0 aliphatic rings. The Hall–Kier alpha value is -3.35. The Morgan fingerprint density at radius 2 is 1.43 bits per heavy atom. The van der Waals surface area contributed by atoms with E-state index in [1.807, 2.05) is 0 Å². The number of hydrogen-bond acceptors (Lipinski definition) is 7. The zero-order chi connectivity index (χ0) is 26.4. The third kappa shape index (κ3) is 6.62. The zero-order valence-corrected chi connectivity index (χ0v) is 19.7. The molecule has 13 heteroatoms. The van der Waals surface area contributed by atoms with Crippen molar-refractivity contribution in [2.75, 3.05) is 28.4 Å². The molecule has 1 atom stereocenters. The fourth-order valence-electron chi connectivity index (χ4n) is 2.72. The molecule has 1 unspecified atom stereocenters. The van der Waals surface area contributed by atoms with Gasteiger partial charge in [-0.25, -0.2) is 4.79 Å². The standard InChI is InChI=1S/C22H21F5O7S/c1-30-14-10-17(32-3)15(18(11-14)33-4)7-8-35(29)12-13-5-6-16(31-2)19(9-13)34-20(28)21(23,24)22(25,26)27/h5-11H,12H2,1-4H3. The van der Waals surface area contributed by atoms with Gasteiger partial charge in [0.15, 0.2) is 11.5 Å². The number of ether oxygens (including phenoxy) is 5. The van der Waals surface area contributed by atoms with Gasteiger partial charge in [-0.3, -0.25) is 4.21 Å². The number of esters is 1. The first-order valence-corrected chi connectivity index (χ1v) is 10.9. The third-order valence-electron chi connectivity index (χ3n) is 4.49. The first-order chi connectivity index (χ1) is 16.4. The van der Waals surface area contributed by atoms with Crippen LogP contribution < -0.4 is 23.7 Å². The number of halogens is 5. The minimum absolute atomic E-state index is 0.193. The van der Waals surface area contributed by atoms with Gasteiger partial charge in [0.25, 0.3) is 0 Å². The van der Waals surface area contributed by atoms with Gasteiger partial charge in [0.05, 0.1) is 50.6 Å². The van der Waals surface area contributed by atoms with Crippen molar-refractivity contribution in [2.24, 2.45) is 0 Å². The fourth-order valence-corrected chi connectivity index (χ4v) is 3.62. The summed E-state index contributed by atoms with van der Waals surface area (Å²) in [6, 6.07) is 6.74. The van der Waals surface area contributed by atoms with Crippen LogP contribution in [-0.2, 0) is 21.3 Å². The minimum atomic E-state index is -6.13. The van der Waals surface area contributed by atoms with Crippen molar-refractivity contribution in [3.05, 3.63) is 46.9 Å². The SMILES string of the molecule is COc1cc(OC)c(C=CS(=O)Cc2ccc(OC)c(OC(=O)C(F)(F)C(F)(F)F)c2)c(OC)c1. The van der Waals surface area contributed by atoms with Gasteiger partial charge >= 0.3 is 18.1 Å². The van der Waals surface area contributed by atoms with Crippen molar-refractivity contribution in [3.8, 4) is 28.7 Å². The second-order valence-electron chi connectivity index (χ2n) is 6.72. The molecule has 0 heterocycles. The molecule has 0 aliphatic heterocycles. The average Bonchev–Trinajstić information content (AvgIpc) is 2.81. The summed E-state index contributed by atoms with van der Waals surface area (Å²) >= 11 is 0. The van der Waals surface area contributed by atoms with Gasteiger partial charge in [0.2, 0.25) is 0 Å². The van der Waals surface area contributed by atoms with Crippen LogP contribution in [0.2, 0.25) is 0 Å². The normalized spacial score (nSPS) is 12.8. The molecule has 2 aromatic carbocycles. The highest BCUT2D eigenvalue weighted by Gasteiger charge is 2.65. The molecule has 192 valence electrons. The van der Waals surface area contributed by atoms with Crippen LogP contribution in [0.25, 0.3) is 6.08 Å². The Morgan fingerprint density at radius 3 is 1.91 bits per heavy atom. The highest BCUT2D eigenvalue weighted by molar-refractivity contribution is 7.87. The predicted octanol–water partition coefficient (Wildman–Crippen LogP) is 4.74. The number of carbonyl (C=O) groups excluding carboxylic acids is 1. The lowest BCUT2D eigenvalue weighted by Crippen LogP contribution is -2.46. The van der Waals surface area contributed by atoms with E-state index in [1.165, 1.54) is 44.9 Å². The zero-order valence-electron chi connectivity index (χ0n) is 18.9. The van der Waals surface area contributed by atoms with Crippen LogP contribution in [0.5, 0.6) is 28.7 Å². The molecule has 0 aromatic heterocycles. The predicted molar refractivity (Wildman–Crippen MR) is 117 cm³/mol. The van der Waals surface area contributed by atoms with Crippen LogP contribution in [0.15, 0.2) is 35.7 Å². The summed E-state index contributed by atoms with van der Waals surface area (Å²) in [5, 5.41) is 1.31. The number of rotatable bonds is 10. The number of carbonyl (C=O) groups is 1. The van der Waals surface area contributed by atoms with Crippen molar-refractivity contribution in [2.45, 2.75) is 17.9 Å². The molecule has 0 saturated carbocycles. The van der Waals surface area contributed by atoms with Crippen molar-refractivity contribution < 1.29 is 54.6 Å². The molecule has 0 bridgehead atoms. The van der Waals surface area contributed by atoms with E-state index in [0.29, 0.717) is 22.8 Å². The lowest BCUT2D eigenvalue weighted by atomic mass is 10.1. The maximum atomic E-state index is 13.3. The van der Waals surface area contributed by atoms with Crippen LogP contribution >= 0.6 is 0 Å². The summed E-state index contributed by atoms with van der Waals surface area (Å²) in [7, 11) is 3.71. The number of methoxy groups -OCH3 is 4. The van der Waals surface area contributed by atoms with E-state index in [9.17, 15) is 31.0 Å². The summed E-state index contributed by atoms with van der Waals surface area (Å²) in [6.07, 6.45) is -4.66. The molecule has 0 fully saturated rings. The summed E-state index contributed by atoms with van der Waals surface area (Å²) in [5.74, 6) is -8.48. The van der Waals surface area contributed by atoms with E-state index in [1.54, 1.807) is 12.1 Å². The molecule has 35 heavy (non-hydrogen) atoms. The Kier molecular flexibility index (Phi) is 9.07. The van der Waals surface area contributed by atoms with Crippen molar-refractivity contribution in [1.82, 2.24) is 0 Å². The molecular formula is C22H21F5O7S. The van der Waals surface area contributed by atoms with Gasteiger partial charge in [-0.2, -0.15) is 22.0 Å². The first-order valence-electron chi connectivity index (χ1n) is 9.57. The average molecular weight is 524 g/mol. The molecule has 0 spiro atoms. The van der Waals surface area contributed by atoms with E-state index in [0.717, 1.165) is 13.2 Å². The van der Waals surface area contributed by atoms with Gasteiger partial charge < -0.3 is 23.7 Å². The smallest absolute Gasteiger partial charge is 0.465 e. The van der Waals surface area contributed by atoms with E-state index in [4.69, 9.17) is 18.9 Å². The van der Waals surface area contributed by atoms with Crippen molar-refractivity contribution in [3.63, 3.8) is 0 Å². The maximum Gasteiger partial charge on any atom is 0.465 e. The Bertz CT molecular complexity index is 1090. The van der Waals surface area contributed by atoms with Crippen LogP contribution in [0.4, 0.5) is 22.0 Å². The quantitative estimate of drug-likeness (QED) is 0.252. The Labute approximate surface area is 199 Å². The Balaban J connectivity index is 2.26. The second-order valence-corrected chi connectivity index (χ2v) is 8.04. The maximum absolute atomic E-state index is 13.3. The summed E-state index contributed by atoms with van der Waals surface area (Å²) in [5.41, 5.74) is 0.670. The van der Waals surface area contributed by atoms with Gasteiger partial charge in [0, 0.05) is 17.5 Å². The van der Waals surface area contributed by atoms with E-state index in [-0.39, 0.29) is 17.1 Å². The highest BCUT2D eigenvalue weighted by atomic mass is 32.2. The molecule has 2 rings (SSSR count). The van der Waals surface area contributed by atoms with E-state index < -0.39 is 34.6 Å². The van der Waals surface area contributed by atoms with Crippen LogP contribution in [0.3, 0.4) is 0 Å². The molecule has 0 saturated heterocycles. The second kappa shape index (κ2) is 11.4. The van der Waals surface area contributed by atoms with Gasteiger partial charge in [-0.1, -0.05) is 6.07 Å². The number of benzene rings is 2. The fraction of sp³-hybridized carbons (Fsp3) is 0.318. The summed E-state index contributed by atoms with van der Waals surface area (Å²) in [6.45, 7) is 0. The molecule has 0 aliphatic carbocycles. The largest absolute Gasteiger partial charge is 0.496 e. The lowest BCUT2D eigenvalue weighted by Gasteiger charge is -2.18. The van der Waals surface area contributed by atoms with E-state index in [2.05, 4.69) is 4.74 Å². The summed E-state index contributed by atoms with van der Waals surface area (Å²) < 4.78 is 101. The van der Waals surface area contributed by atoms with Crippen LogP contribution in [-0.4, -0.2) is 50.7 Å². The third-order valence-corrected chi connectivity index (χ3v) is 5.55. The van der Waals surface area contributed by atoms with Crippen LogP contribution in [0.1, 0.15) is 11.1 Å². The lowest BCUT2D eigenvalue weighted by molar-refractivity contribution is -0.276. The first kappa shape index (κ1) is 27.9. The molecule has 0 amide bonds. The van der Waals surface area contributed by atoms with Gasteiger partial charge in [-0.05, 0) is 23.8 Å². The topological polar surface area (TPSA) is 80.3 Å². The van der Waals surface area contributed by atoms with Crippen molar-refractivity contribution >= 4 is 22.8 Å². The molecule has 0 N–H and O–H groups in total. The molecule has 7 nitrogen and oxygen atoms in total. The van der Waals surface area contributed by atoms with Crippen molar-refractivity contribution in [1.29, 1.82) is 0 Å². The minimum Gasteiger partial charge on any atom is -0.496 e. The highest BCUT2D eigenvalue weighted by Crippen LogP contribution is 2.38. The van der Waals surface area contributed by atoms with Crippen LogP contribution in [0, 0.1) is 0 Å². The summed E-state index contributed by atoms with van der Waals surface area (Å²) in [4.78, 5) is 11.5. The molecule has 0 radical (unpaired) electrons. The number of hydrogen-bond donors (Lipinski definition) is 0. The number of alkyl halides is 5.